The Morgan fingerprint density at radius 2 is 1.94 bits per heavy atom. The number of hydrogen-bond acceptors (Lipinski definition) is 5. The highest BCUT2D eigenvalue weighted by atomic mass is 32.2. The SMILES string of the molecule is COc1cccc(N2C(=O)/C(=C\c3ccc(C(C)C)cc3)N=C2SCC(=O)c2ccc[nH]2)c1. The molecule has 1 aliphatic rings. The molecule has 0 aliphatic carbocycles. The first-order valence-electron chi connectivity index (χ1n) is 10.6. The van der Waals surface area contributed by atoms with Crippen LogP contribution in [0.5, 0.6) is 5.75 Å². The van der Waals surface area contributed by atoms with E-state index in [1.165, 1.54) is 22.2 Å². The van der Waals surface area contributed by atoms with Crippen LogP contribution >= 0.6 is 11.8 Å². The Morgan fingerprint density at radius 3 is 2.61 bits per heavy atom. The smallest absolute Gasteiger partial charge is 0.283 e. The number of ketones is 1. The number of carbonyl (C=O) groups excluding carboxylic acids is 2. The number of aromatic nitrogens is 1. The topological polar surface area (TPSA) is 74.8 Å². The van der Waals surface area contributed by atoms with Crippen LogP contribution in [0.15, 0.2) is 77.5 Å². The maximum Gasteiger partial charge on any atom is 0.283 e. The van der Waals surface area contributed by atoms with Gasteiger partial charge in [-0.1, -0.05) is 55.9 Å². The van der Waals surface area contributed by atoms with Crippen molar-refractivity contribution in [1.82, 2.24) is 4.98 Å². The Balaban J connectivity index is 1.64. The van der Waals surface area contributed by atoms with E-state index in [1.54, 1.807) is 37.6 Å². The molecule has 168 valence electrons. The molecule has 0 atom stereocenters. The second-order valence-electron chi connectivity index (χ2n) is 7.88. The largest absolute Gasteiger partial charge is 0.497 e. The van der Waals surface area contributed by atoms with Gasteiger partial charge in [0.2, 0.25) is 0 Å². The molecule has 0 unspecified atom stereocenters. The van der Waals surface area contributed by atoms with Crippen molar-refractivity contribution < 1.29 is 14.3 Å². The molecule has 0 spiro atoms. The normalized spacial score (nSPS) is 14.8. The van der Waals surface area contributed by atoms with Crippen LogP contribution in [-0.2, 0) is 4.79 Å². The lowest BCUT2D eigenvalue weighted by atomic mass is 10.0. The van der Waals surface area contributed by atoms with Crippen LogP contribution in [0.4, 0.5) is 5.69 Å². The second kappa shape index (κ2) is 9.92. The van der Waals surface area contributed by atoms with Gasteiger partial charge in [0.05, 0.1) is 24.2 Å². The zero-order chi connectivity index (χ0) is 23.4. The Hall–Kier alpha value is -3.58. The van der Waals surface area contributed by atoms with Gasteiger partial charge < -0.3 is 9.72 Å². The van der Waals surface area contributed by atoms with E-state index in [9.17, 15) is 9.59 Å². The van der Waals surface area contributed by atoms with Gasteiger partial charge in [0, 0.05) is 12.3 Å². The molecule has 0 bridgehead atoms. The first kappa shape index (κ1) is 22.6. The Morgan fingerprint density at radius 1 is 1.15 bits per heavy atom. The van der Waals surface area contributed by atoms with Gasteiger partial charge in [-0.3, -0.25) is 14.5 Å². The lowest BCUT2D eigenvalue weighted by Crippen LogP contribution is -2.30. The zero-order valence-corrected chi connectivity index (χ0v) is 19.6. The number of nitrogens with one attached hydrogen (secondary N) is 1. The first-order valence-corrected chi connectivity index (χ1v) is 11.6. The molecule has 0 saturated carbocycles. The summed E-state index contributed by atoms with van der Waals surface area (Å²) in [5, 5.41) is 0.457. The molecule has 1 aliphatic heterocycles. The average Bonchev–Trinajstić information content (AvgIpc) is 3.47. The maximum atomic E-state index is 13.4. The summed E-state index contributed by atoms with van der Waals surface area (Å²) in [5.74, 6) is 0.914. The lowest BCUT2D eigenvalue weighted by Gasteiger charge is -2.18. The molecule has 0 radical (unpaired) electrons. The van der Waals surface area contributed by atoms with Gasteiger partial charge in [0.15, 0.2) is 11.0 Å². The summed E-state index contributed by atoms with van der Waals surface area (Å²) >= 11 is 1.24. The number of amidine groups is 1. The molecule has 0 saturated heterocycles. The van der Waals surface area contributed by atoms with Crippen LogP contribution in [0.3, 0.4) is 0 Å². The quantitative estimate of drug-likeness (QED) is 0.374. The maximum absolute atomic E-state index is 13.4. The van der Waals surface area contributed by atoms with Crippen LogP contribution in [0.2, 0.25) is 0 Å². The van der Waals surface area contributed by atoms with E-state index in [0.29, 0.717) is 33.9 Å². The monoisotopic (exact) mass is 459 g/mol. The molecule has 1 N–H and O–H groups in total. The van der Waals surface area contributed by atoms with Crippen molar-refractivity contribution in [2.24, 2.45) is 4.99 Å². The van der Waals surface area contributed by atoms with Crippen LogP contribution in [0, 0.1) is 0 Å². The Kier molecular flexibility index (Phi) is 6.79. The Labute approximate surface area is 197 Å². The zero-order valence-electron chi connectivity index (χ0n) is 18.7. The highest BCUT2D eigenvalue weighted by Gasteiger charge is 2.32. The third-order valence-corrected chi connectivity index (χ3v) is 6.22. The number of rotatable bonds is 7. The number of H-pyrrole nitrogens is 1. The van der Waals surface area contributed by atoms with Crippen LogP contribution in [-0.4, -0.2) is 34.7 Å². The summed E-state index contributed by atoms with van der Waals surface area (Å²) in [6, 6.07) is 18.8. The minimum absolute atomic E-state index is 0.0626. The number of thioether (sulfide) groups is 1. The first-order chi connectivity index (χ1) is 16.0. The third-order valence-electron chi connectivity index (χ3n) is 5.28. The summed E-state index contributed by atoms with van der Waals surface area (Å²) in [6.07, 6.45) is 3.49. The number of Topliss-reactive ketones (excluding diaryl/α,β-unsaturated/α-hetero) is 1. The molecular formula is C26H25N3O3S. The molecule has 6 nitrogen and oxygen atoms in total. The number of anilines is 1. The summed E-state index contributed by atoms with van der Waals surface area (Å²) in [7, 11) is 1.58. The molecule has 3 aromatic rings. The van der Waals surface area contributed by atoms with Crippen molar-refractivity contribution in [2.45, 2.75) is 19.8 Å². The van der Waals surface area contributed by atoms with E-state index in [1.807, 2.05) is 30.3 Å². The number of benzene rings is 2. The fourth-order valence-corrected chi connectivity index (χ4v) is 4.31. The summed E-state index contributed by atoms with van der Waals surface area (Å²) < 4.78 is 5.33. The highest BCUT2D eigenvalue weighted by Crippen LogP contribution is 2.31. The fraction of sp³-hybridized carbons (Fsp3) is 0.192. The van der Waals surface area contributed by atoms with Gasteiger partial charge in [-0.05, 0) is 47.4 Å². The molecule has 33 heavy (non-hydrogen) atoms. The van der Waals surface area contributed by atoms with E-state index in [0.717, 1.165) is 5.56 Å². The predicted octanol–water partition coefficient (Wildman–Crippen LogP) is 5.51. The van der Waals surface area contributed by atoms with E-state index in [-0.39, 0.29) is 17.4 Å². The minimum Gasteiger partial charge on any atom is -0.497 e. The average molecular weight is 460 g/mol. The molecule has 0 fully saturated rings. The molecule has 1 amide bonds. The predicted molar refractivity (Wildman–Crippen MR) is 134 cm³/mol. The van der Waals surface area contributed by atoms with E-state index >= 15 is 0 Å². The highest BCUT2D eigenvalue weighted by molar-refractivity contribution is 8.14. The van der Waals surface area contributed by atoms with Crippen molar-refractivity contribution >= 4 is 40.4 Å². The number of ether oxygens (including phenoxy) is 1. The number of hydrogen-bond donors (Lipinski definition) is 1. The van der Waals surface area contributed by atoms with Gasteiger partial charge in [-0.25, -0.2) is 4.99 Å². The minimum atomic E-state index is -0.244. The molecule has 4 rings (SSSR count). The molecule has 2 aromatic carbocycles. The lowest BCUT2D eigenvalue weighted by molar-refractivity contribution is -0.113. The van der Waals surface area contributed by atoms with Crippen molar-refractivity contribution in [3.63, 3.8) is 0 Å². The molecular weight excluding hydrogens is 434 g/mol. The van der Waals surface area contributed by atoms with E-state index < -0.39 is 0 Å². The van der Waals surface area contributed by atoms with Crippen molar-refractivity contribution in [3.05, 3.63) is 89.4 Å². The number of carbonyl (C=O) groups is 2. The standard InChI is InChI=1S/C26H25N3O3S/c1-17(2)19-11-9-18(10-12-19)14-23-25(31)29(20-6-4-7-21(15-20)32-3)26(28-23)33-16-24(30)22-8-5-13-27-22/h4-15,17,27H,16H2,1-3H3/b23-14+. The number of nitrogens with zero attached hydrogens (tertiary/aromatic N) is 2. The van der Waals surface area contributed by atoms with E-state index in [4.69, 9.17) is 4.74 Å². The number of aromatic amines is 1. The van der Waals surface area contributed by atoms with Crippen molar-refractivity contribution in [3.8, 4) is 5.75 Å². The van der Waals surface area contributed by atoms with E-state index in [2.05, 4.69) is 36.0 Å². The molecule has 2 heterocycles. The van der Waals surface area contributed by atoms with Gasteiger partial charge >= 0.3 is 0 Å². The Bertz CT molecular complexity index is 1210. The number of methoxy groups -OCH3 is 1. The van der Waals surface area contributed by atoms with Crippen LogP contribution in [0.25, 0.3) is 6.08 Å². The van der Waals surface area contributed by atoms with Gasteiger partial charge in [0.25, 0.3) is 5.91 Å². The summed E-state index contributed by atoms with van der Waals surface area (Å²) in [6.45, 7) is 4.28. The van der Waals surface area contributed by atoms with Gasteiger partial charge in [0.1, 0.15) is 11.4 Å². The van der Waals surface area contributed by atoms with Crippen LogP contribution < -0.4 is 9.64 Å². The van der Waals surface area contributed by atoms with Gasteiger partial charge in [-0.2, -0.15) is 0 Å². The summed E-state index contributed by atoms with van der Waals surface area (Å²) in [4.78, 5) is 34.9. The second-order valence-corrected chi connectivity index (χ2v) is 8.83. The fourth-order valence-electron chi connectivity index (χ4n) is 3.42. The van der Waals surface area contributed by atoms with Crippen molar-refractivity contribution in [1.29, 1.82) is 0 Å². The molecule has 1 aromatic heterocycles. The van der Waals surface area contributed by atoms with Gasteiger partial charge in [-0.15, -0.1) is 0 Å². The van der Waals surface area contributed by atoms with Crippen LogP contribution in [0.1, 0.15) is 41.4 Å². The number of aliphatic imine (C=N–C) groups is 1. The van der Waals surface area contributed by atoms with Crippen molar-refractivity contribution in [2.75, 3.05) is 17.8 Å². The number of amides is 1. The summed E-state index contributed by atoms with van der Waals surface area (Å²) in [5.41, 5.74) is 3.61. The molecule has 7 heteroatoms. The third kappa shape index (κ3) is 5.09.